The van der Waals surface area contributed by atoms with E-state index in [1.54, 1.807) is 6.39 Å². The van der Waals surface area contributed by atoms with Gasteiger partial charge in [0.25, 0.3) is 0 Å². The number of hydrogen-bond acceptors (Lipinski definition) is 3. The van der Waals surface area contributed by atoms with Crippen molar-refractivity contribution in [2.45, 2.75) is 38.6 Å². The maximum absolute atomic E-state index is 5.75. The quantitative estimate of drug-likeness (QED) is 0.873. The van der Waals surface area contributed by atoms with E-state index in [4.69, 9.17) is 4.42 Å². The molecule has 1 aromatic carbocycles. The lowest BCUT2D eigenvalue weighted by Gasteiger charge is -2.15. The second-order valence-corrected chi connectivity index (χ2v) is 6.10. The number of nitrogens with zero attached hydrogens (tertiary/aromatic N) is 1. The Hall–Kier alpha value is -1.61. The summed E-state index contributed by atoms with van der Waals surface area (Å²) in [6, 6.07) is 10.7. The van der Waals surface area contributed by atoms with Crippen molar-refractivity contribution in [3.8, 4) is 0 Å². The van der Waals surface area contributed by atoms with Gasteiger partial charge in [-0.1, -0.05) is 44.2 Å². The van der Waals surface area contributed by atoms with E-state index in [1.807, 2.05) is 0 Å². The minimum Gasteiger partial charge on any atom is -0.447 e. The summed E-state index contributed by atoms with van der Waals surface area (Å²) in [5, 5.41) is 3.46. The third kappa shape index (κ3) is 2.50. The average molecular weight is 270 g/mol. The first-order valence-corrected chi connectivity index (χ1v) is 7.41. The molecule has 0 amide bonds. The molecule has 0 atom stereocenters. The third-order valence-electron chi connectivity index (χ3n) is 4.00. The summed E-state index contributed by atoms with van der Waals surface area (Å²) in [4.78, 5) is 4.42. The first-order valence-electron chi connectivity index (χ1n) is 7.41. The highest BCUT2D eigenvalue weighted by Gasteiger charge is 2.50. The summed E-state index contributed by atoms with van der Waals surface area (Å²) < 4.78 is 5.75. The van der Waals surface area contributed by atoms with Gasteiger partial charge in [-0.15, -0.1) is 0 Å². The van der Waals surface area contributed by atoms with Gasteiger partial charge in [0, 0.05) is 6.54 Å². The van der Waals surface area contributed by atoms with Crippen molar-refractivity contribution in [2.24, 2.45) is 5.92 Å². The number of aromatic nitrogens is 1. The van der Waals surface area contributed by atoms with E-state index in [1.165, 1.54) is 5.56 Å². The Bertz CT molecular complexity index is 555. The maximum Gasteiger partial charge on any atom is 0.181 e. The van der Waals surface area contributed by atoms with E-state index in [2.05, 4.69) is 54.5 Å². The predicted octanol–water partition coefficient (Wildman–Crippen LogP) is 3.50. The Morgan fingerprint density at radius 2 is 2.00 bits per heavy atom. The van der Waals surface area contributed by atoms with Gasteiger partial charge in [0.05, 0.1) is 11.1 Å². The van der Waals surface area contributed by atoms with Crippen molar-refractivity contribution in [1.29, 1.82) is 0 Å². The fourth-order valence-corrected chi connectivity index (χ4v) is 2.79. The maximum atomic E-state index is 5.75. The van der Waals surface area contributed by atoms with E-state index in [-0.39, 0.29) is 5.41 Å². The van der Waals surface area contributed by atoms with Crippen molar-refractivity contribution >= 4 is 0 Å². The molecule has 1 aliphatic carbocycles. The van der Waals surface area contributed by atoms with Crippen molar-refractivity contribution in [3.05, 3.63) is 53.7 Å². The smallest absolute Gasteiger partial charge is 0.181 e. The van der Waals surface area contributed by atoms with Crippen LogP contribution in [0.5, 0.6) is 0 Å². The third-order valence-corrected chi connectivity index (χ3v) is 4.00. The largest absolute Gasteiger partial charge is 0.447 e. The van der Waals surface area contributed by atoms with Crippen LogP contribution < -0.4 is 5.32 Å². The summed E-state index contributed by atoms with van der Waals surface area (Å²) in [6.07, 6.45) is 3.90. The van der Waals surface area contributed by atoms with E-state index in [0.717, 1.165) is 37.4 Å². The lowest BCUT2D eigenvalue weighted by molar-refractivity contribution is 0.466. The minimum absolute atomic E-state index is 0.0760. The fraction of sp³-hybridized carbons (Fsp3) is 0.471. The van der Waals surface area contributed by atoms with Crippen molar-refractivity contribution in [3.63, 3.8) is 0 Å². The zero-order valence-corrected chi connectivity index (χ0v) is 12.2. The summed E-state index contributed by atoms with van der Waals surface area (Å²) in [5.41, 5.74) is 2.49. The van der Waals surface area contributed by atoms with E-state index in [9.17, 15) is 0 Å². The molecular weight excluding hydrogens is 248 g/mol. The molecule has 1 saturated carbocycles. The van der Waals surface area contributed by atoms with Gasteiger partial charge < -0.3 is 9.73 Å². The highest BCUT2D eigenvalue weighted by molar-refractivity contribution is 5.42. The molecule has 0 bridgehead atoms. The molecule has 0 unspecified atom stereocenters. The highest BCUT2D eigenvalue weighted by Crippen LogP contribution is 2.54. The Morgan fingerprint density at radius 1 is 1.25 bits per heavy atom. The minimum atomic E-state index is 0.0760. The van der Waals surface area contributed by atoms with Gasteiger partial charge in [-0.2, -0.15) is 0 Å². The zero-order chi connectivity index (χ0) is 14.0. The molecule has 1 aromatic heterocycles. The molecule has 3 heteroatoms. The van der Waals surface area contributed by atoms with Gasteiger partial charge in [-0.05, 0) is 30.9 Å². The Labute approximate surface area is 120 Å². The first-order chi connectivity index (χ1) is 9.72. The van der Waals surface area contributed by atoms with Crippen molar-refractivity contribution in [2.75, 3.05) is 6.54 Å². The second kappa shape index (κ2) is 5.41. The second-order valence-electron chi connectivity index (χ2n) is 6.10. The van der Waals surface area contributed by atoms with E-state index >= 15 is 0 Å². The summed E-state index contributed by atoms with van der Waals surface area (Å²) in [7, 11) is 0. The number of nitrogens with one attached hydrogen (secondary N) is 1. The summed E-state index contributed by atoms with van der Waals surface area (Å²) >= 11 is 0. The Balaban J connectivity index is 1.79. The Morgan fingerprint density at radius 3 is 2.65 bits per heavy atom. The van der Waals surface area contributed by atoms with Crippen LogP contribution in [-0.2, 0) is 12.0 Å². The van der Waals surface area contributed by atoms with Gasteiger partial charge in [0.2, 0.25) is 0 Å². The monoisotopic (exact) mass is 270 g/mol. The van der Waals surface area contributed by atoms with E-state index < -0.39 is 0 Å². The van der Waals surface area contributed by atoms with Crippen LogP contribution in [0.3, 0.4) is 0 Å². The molecule has 1 heterocycles. The molecule has 0 saturated heterocycles. The van der Waals surface area contributed by atoms with Crippen LogP contribution >= 0.6 is 0 Å². The zero-order valence-electron chi connectivity index (χ0n) is 12.2. The Kier molecular flexibility index (Phi) is 3.62. The molecule has 0 aliphatic heterocycles. The number of benzene rings is 1. The molecule has 0 spiro atoms. The van der Waals surface area contributed by atoms with Crippen molar-refractivity contribution in [1.82, 2.24) is 10.3 Å². The van der Waals surface area contributed by atoms with Crippen LogP contribution in [0.4, 0.5) is 0 Å². The summed E-state index contributed by atoms with van der Waals surface area (Å²) in [6.45, 7) is 6.22. The van der Waals surface area contributed by atoms with E-state index in [0.29, 0.717) is 5.92 Å². The average Bonchev–Trinajstić information content (AvgIpc) is 3.13. The topological polar surface area (TPSA) is 38.1 Å². The fourth-order valence-electron chi connectivity index (χ4n) is 2.79. The lowest BCUT2D eigenvalue weighted by atomic mass is 9.92. The van der Waals surface area contributed by atoms with Gasteiger partial charge in [-0.25, -0.2) is 4.98 Å². The molecular formula is C17H22N2O. The molecule has 3 nitrogen and oxygen atoms in total. The molecule has 1 fully saturated rings. The molecule has 1 aliphatic rings. The van der Waals surface area contributed by atoms with Crippen LogP contribution in [0.2, 0.25) is 0 Å². The number of hydrogen-bond donors (Lipinski definition) is 1. The van der Waals surface area contributed by atoms with Gasteiger partial charge >= 0.3 is 0 Å². The van der Waals surface area contributed by atoms with Crippen LogP contribution in [0.1, 0.15) is 43.7 Å². The van der Waals surface area contributed by atoms with Crippen LogP contribution in [-0.4, -0.2) is 11.5 Å². The molecule has 2 aromatic rings. The van der Waals surface area contributed by atoms with Gasteiger partial charge in [-0.3, -0.25) is 0 Å². The normalized spacial score (nSPS) is 16.6. The first kappa shape index (κ1) is 13.4. The molecule has 20 heavy (non-hydrogen) atoms. The highest BCUT2D eigenvalue weighted by atomic mass is 16.3. The molecule has 1 N–H and O–H groups in total. The van der Waals surface area contributed by atoms with Crippen LogP contribution in [0.25, 0.3) is 0 Å². The molecule has 3 rings (SSSR count). The van der Waals surface area contributed by atoms with Gasteiger partial charge in [0.1, 0.15) is 5.76 Å². The predicted molar refractivity (Wildman–Crippen MR) is 79.5 cm³/mol. The SMILES string of the molecule is CC(C)CNCc1ncoc1C1(c2ccccc2)CC1. The standard InChI is InChI=1S/C17H22N2O/c1-13(2)10-18-11-15-16(20-12-19-15)17(8-9-17)14-6-4-3-5-7-14/h3-7,12-13,18H,8-11H2,1-2H3. The number of rotatable bonds is 6. The van der Waals surface area contributed by atoms with Crippen LogP contribution in [0, 0.1) is 5.92 Å². The molecule has 0 radical (unpaired) electrons. The lowest BCUT2D eigenvalue weighted by Crippen LogP contribution is -2.21. The summed E-state index contributed by atoms with van der Waals surface area (Å²) in [5.74, 6) is 1.70. The van der Waals surface area contributed by atoms with Crippen LogP contribution in [0.15, 0.2) is 41.1 Å². The van der Waals surface area contributed by atoms with Crippen molar-refractivity contribution < 1.29 is 4.42 Å². The molecule has 106 valence electrons. The number of oxazole rings is 1. The van der Waals surface area contributed by atoms with Gasteiger partial charge in [0.15, 0.2) is 6.39 Å².